The van der Waals surface area contributed by atoms with Crippen molar-refractivity contribution in [2.45, 2.75) is 19.6 Å². The zero-order chi connectivity index (χ0) is 14.7. The first-order valence-electron chi connectivity index (χ1n) is 5.98. The first kappa shape index (κ1) is 14.5. The Morgan fingerprint density at radius 3 is 2.65 bits per heavy atom. The van der Waals surface area contributed by atoms with Gasteiger partial charge in [-0.05, 0) is 19.1 Å². The van der Waals surface area contributed by atoms with E-state index in [1.165, 1.54) is 11.8 Å². The van der Waals surface area contributed by atoms with E-state index in [9.17, 15) is 9.90 Å². The third-order valence-electron chi connectivity index (χ3n) is 2.67. The summed E-state index contributed by atoms with van der Waals surface area (Å²) in [6, 6.07) is 6.92. The van der Waals surface area contributed by atoms with Crippen molar-refractivity contribution in [3.05, 3.63) is 35.0 Å². The maximum absolute atomic E-state index is 11.7. The van der Waals surface area contributed by atoms with Gasteiger partial charge in [-0.3, -0.25) is 0 Å². The highest BCUT2D eigenvalue weighted by atomic mass is 35.5. The standard InChI is InChI=1S/C13H14ClN3O3/c1-8(18)7-17-12(9-3-5-10(14)6-4-9)11(15-16-17)13(19)20-2/h3-6,8,18H,7H2,1-2H3. The van der Waals surface area contributed by atoms with Gasteiger partial charge >= 0.3 is 5.97 Å². The molecular formula is C13H14ClN3O3. The van der Waals surface area contributed by atoms with E-state index in [1.807, 2.05) is 0 Å². The molecule has 0 radical (unpaired) electrons. The quantitative estimate of drug-likeness (QED) is 0.870. The second kappa shape index (κ2) is 6.02. The third-order valence-corrected chi connectivity index (χ3v) is 2.92. The van der Waals surface area contributed by atoms with Crippen LogP contribution >= 0.6 is 11.6 Å². The van der Waals surface area contributed by atoms with Crippen LogP contribution in [-0.4, -0.2) is 39.3 Å². The summed E-state index contributed by atoms with van der Waals surface area (Å²) in [5.74, 6) is -0.577. The van der Waals surface area contributed by atoms with E-state index in [1.54, 1.807) is 31.2 Å². The fourth-order valence-corrected chi connectivity index (χ4v) is 1.94. The van der Waals surface area contributed by atoms with Crippen molar-refractivity contribution in [2.24, 2.45) is 0 Å². The molecule has 1 aromatic carbocycles. The van der Waals surface area contributed by atoms with Gasteiger partial charge in [0.25, 0.3) is 0 Å². The van der Waals surface area contributed by atoms with Gasteiger partial charge in [-0.2, -0.15) is 0 Å². The second-order valence-corrected chi connectivity index (χ2v) is 4.75. The van der Waals surface area contributed by atoms with Crippen LogP contribution in [0.15, 0.2) is 24.3 Å². The maximum atomic E-state index is 11.7. The van der Waals surface area contributed by atoms with Gasteiger partial charge < -0.3 is 9.84 Å². The lowest BCUT2D eigenvalue weighted by molar-refractivity contribution is 0.0594. The van der Waals surface area contributed by atoms with Crippen LogP contribution in [0.3, 0.4) is 0 Å². The van der Waals surface area contributed by atoms with Crippen LogP contribution in [0.1, 0.15) is 17.4 Å². The minimum atomic E-state index is -0.617. The summed E-state index contributed by atoms with van der Waals surface area (Å²) in [6.07, 6.45) is -0.617. The smallest absolute Gasteiger partial charge is 0.360 e. The Hall–Kier alpha value is -1.92. The molecule has 0 saturated heterocycles. The van der Waals surface area contributed by atoms with Gasteiger partial charge in [0.15, 0.2) is 5.69 Å². The molecule has 0 aliphatic heterocycles. The molecule has 1 aromatic heterocycles. The topological polar surface area (TPSA) is 77.2 Å². The summed E-state index contributed by atoms with van der Waals surface area (Å²) in [7, 11) is 1.28. The molecule has 2 aromatic rings. The molecule has 0 aliphatic rings. The third kappa shape index (κ3) is 2.97. The van der Waals surface area contributed by atoms with E-state index >= 15 is 0 Å². The fourth-order valence-electron chi connectivity index (χ4n) is 1.82. The first-order valence-corrected chi connectivity index (χ1v) is 6.36. The van der Waals surface area contributed by atoms with E-state index in [4.69, 9.17) is 16.3 Å². The van der Waals surface area contributed by atoms with Crippen molar-refractivity contribution in [1.29, 1.82) is 0 Å². The number of nitrogens with zero attached hydrogens (tertiary/aromatic N) is 3. The number of carbonyl (C=O) groups is 1. The number of aliphatic hydroxyl groups is 1. The van der Waals surface area contributed by atoms with Crippen LogP contribution < -0.4 is 0 Å². The lowest BCUT2D eigenvalue weighted by atomic mass is 10.1. The summed E-state index contributed by atoms with van der Waals surface area (Å²) in [5.41, 5.74) is 1.32. The molecule has 106 valence electrons. The average molecular weight is 296 g/mol. The lowest BCUT2D eigenvalue weighted by Crippen LogP contribution is -2.14. The SMILES string of the molecule is COC(=O)c1nnn(CC(C)O)c1-c1ccc(Cl)cc1. The number of esters is 1. The number of aliphatic hydroxyl groups excluding tert-OH is 1. The minimum Gasteiger partial charge on any atom is -0.464 e. The number of benzene rings is 1. The van der Waals surface area contributed by atoms with Crippen LogP contribution in [0, 0.1) is 0 Å². The fraction of sp³-hybridized carbons (Fsp3) is 0.308. The van der Waals surface area contributed by atoms with Crippen molar-refractivity contribution in [3.8, 4) is 11.3 Å². The molecule has 0 saturated carbocycles. The molecule has 2 rings (SSSR count). The largest absolute Gasteiger partial charge is 0.464 e. The van der Waals surface area contributed by atoms with Gasteiger partial charge in [-0.15, -0.1) is 5.10 Å². The van der Waals surface area contributed by atoms with Crippen LogP contribution in [0.5, 0.6) is 0 Å². The molecule has 1 atom stereocenters. The Bertz CT molecular complexity index is 608. The lowest BCUT2D eigenvalue weighted by Gasteiger charge is -2.09. The summed E-state index contributed by atoms with van der Waals surface area (Å²) in [6.45, 7) is 1.85. The summed E-state index contributed by atoms with van der Waals surface area (Å²) in [4.78, 5) is 11.7. The Kier molecular flexibility index (Phi) is 4.36. The number of hydrogen-bond acceptors (Lipinski definition) is 5. The van der Waals surface area contributed by atoms with Gasteiger partial charge in [0.05, 0.1) is 19.8 Å². The molecule has 7 heteroatoms. The zero-order valence-corrected chi connectivity index (χ0v) is 11.8. The molecule has 0 bridgehead atoms. The molecule has 0 fully saturated rings. The number of carbonyl (C=O) groups excluding carboxylic acids is 1. The van der Waals surface area contributed by atoms with E-state index in [-0.39, 0.29) is 12.2 Å². The first-order chi connectivity index (χ1) is 9.52. The molecule has 1 N–H and O–H groups in total. The van der Waals surface area contributed by atoms with Crippen LogP contribution in [0.4, 0.5) is 0 Å². The molecule has 0 aliphatic carbocycles. The Morgan fingerprint density at radius 1 is 1.45 bits per heavy atom. The van der Waals surface area contributed by atoms with Gasteiger partial charge in [0.2, 0.25) is 0 Å². The van der Waals surface area contributed by atoms with Crippen molar-refractivity contribution >= 4 is 17.6 Å². The average Bonchev–Trinajstić information content (AvgIpc) is 2.81. The van der Waals surface area contributed by atoms with E-state index in [0.29, 0.717) is 10.7 Å². The predicted molar refractivity (Wildman–Crippen MR) is 73.5 cm³/mol. The molecule has 20 heavy (non-hydrogen) atoms. The summed E-state index contributed by atoms with van der Waals surface area (Å²) < 4.78 is 6.17. The Labute approximate surface area is 120 Å². The molecular weight excluding hydrogens is 282 g/mol. The number of hydrogen-bond donors (Lipinski definition) is 1. The van der Waals surface area contributed by atoms with Crippen molar-refractivity contribution in [2.75, 3.05) is 7.11 Å². The molecule has 6 nitrogen and oxygen atoms in total. The maximum Gasteiger partial charge on any atom is 0.360 e. The van der Waals surface area contributed by atoms with Gasteiger partial charge in [-0.1, -0.05) is 28.9 Å². The summed E-state index contributed by atoms with van der Waals surface area (Å²) in [5, 5.41) is 17.8. The van der Waals surface area contributed by atoms with Gasteiger partial charge in [0.1, 0.15) is 5.69 Å². The predicted octanol–water partition coefficient (Wildman–Crippen LogP) is 1.77. The van der Waals surface area contributed by atoms with E-state index in [2.05, 4.69) is 10.3 Å². The van der Waals surface area contributed by atoms with E-state index < -0.39 is 12.1 Å². The highest BCUT2D eigenvalue weighted by Gasteiger charge is 2.22. The van der Waals surface area contributed by atoms with Crippen LogP contribution in [0.25, 0.3) is 11.3 Å². The molecule has 0 amide bonds. The highest BCUT2D eigenvalue weighted by Crippen LogP contribution is 2.24. The van der Waals surface area contributed by atoms with Crippen LogP contribution in [-0.2, 0) is 11.3 Å². The van der Waals surface area contributed by atoms with Crippen molar-refractivity contribution in [3.63, 3.8) is 0 Å². The van der Waals surface area contributed by atoms with Crippen molar-refractivity contribution < 1.29 is 14.6 Å². The molecule has 1 unspecified atom stereocenters. The van der Waals surface area contributed by atoms with Gasteiger partial charge in [0, 0.05) is 10.6 Å². The molecule has 1 heterocycles. The zero-order valence-electron chi connectivity index (χ0n) is 11.1. The Morgan fingerprint density at radius 2 is 2.10 bits per heavy atom. The number of methoxy groups -OCH3 is 1. The van der Waals surface area contributed by atoms with E-state index in [0.717, 1.165) is 5.56 Å². The number of aromatic nitrogens is 3. The number of halogens is 1. The number of ether oxygens (including phenoxy) is 1. The summed E-state index contributed by atoms with van der Waals surface area (Å²) >= 11 is 5.86. The molecule has 0 spiro atoms. The second-order valence-electron chi connectivity index (χ2n) is 4.32. The monoisotopic (exact) mass is 295 g/mol. The van der Waals surface area contributed by atoms with Crippen molar-refractivity contribution in [1.82, 2.24) is 15.0 Å². The Balaban J connectivity index is 2.53. The van der Waals surface area contributed by atoms with Crippen LogP contribution in [0.2, 0.25) is 5.02 Å². The number of rotatable bonds is 4. The highest BCUT2D eigenvalue weighted by molar-refractivity contribution is 6.30. The normalized spacial score (nSPS) is 12.2. The van der Waals surface area contributed by atoms with Gasteiger partial charge in [-0.25, -0.2) is 9.48 Å². The minimum absolute atomic E-state index is 0.107.